The number of nitrogen functional groups attached to an aromatic ring is 1. The maximum absolute atomic E-state index is 11.8. The Morgan fingerprint density at radius 2 is 2.19 bits per heavy atom. The van der Waals surface area contributed by atoms with E-state index in [0.29, 0.717) is 29.4 Å². The van der Waals surface area contributed by atoms with E-state index in [4.69, 9.17) is 17.3 Å². The number of hydrogen-bond acceptors (Lipinski definition) is 4. The minimum Gasteiger partial charge on any atom is -0.399 e. The number of hydrogen-bond donors (Lipinski definition) is 2. The molecule has 0 atom stereocenters. The summed E-state index contributed by atoms with van der Waals surface area (Å²) in [6, 6.07) is 7.90. The number of rotatable bonds is 5. The van der Waals surface area contributed by atoms with Gasteiger partial charge in [0.1, 0.15) is 0 Å². The highest BCUT2D eigenvalue weighted by atomic mass is 35.5. The van der Waals surface area contributed by atoms with Crippen molar-refractivity contribution in [3.8, 4) is 0 Å². The van der Waals surface area contributed by atoms with E-state index in [-0.39, 0.29) is 17.9 Å². The average molecular weight is 307 g/mol. The average Bonchev–Trinajstić information content (AvgIpc) is 2.44. The van der Waals surface area contributed by atoms with Crippen molar-refractivity contribution in [1.29, 1.82) is 0 Å². The zero-order chi connectivity index (χ0) is 15.2. The third kappa shape index (κ3) is 4.32. The molecular weight excluding hydrogens is 292 g/mol. The van der Waals surface area contributed by atoms with Gasteiger partial charge in [0.2, 0.25) is 5.91 Å². The molecule has 110 valence electrons. The molecule has 2 rings (SSSR count). The molecule has 6 nitrogen and oxygen atoms in total. The van der Waals surface area contributed by atoms with Crippen LogP contribution in [0.15, 0.2) is 41.3 Å². The molecule has 1 aromatic heterocycles. The number of nitrogens with one attached hydrogen (secondary N) is 1. The molecule has 0 fully saturated rings. The van der Waals surface area contributed by atoms with Gasteiger partial charge in [-0.15, -0.1) is 0 Å². The van der Waals surface area contributed by atoms with E-state index in [1.54, 1.807) is 24.3 Å². The highest BCUT2D eigenvalue weighted by molar-refractivity contribution is 6.34. The van der Waals surface area contributed by atoms with Gasteiger partial charge in [0.25, 0.3) is 5.56 Å². The molecule has 0 aliphatic rings. The molecule has 21 heavy (non-hydrogen) atoms. The standard InChI is InChI=1S/C14H15ClN4O2/c15-11-9-10(16)5-6-12(11)18-13(20)3-2-8-19-14(21)4-1-7-17-19/h1,4-7,9H,2-3,8,16H2,(H,18,20). The molecule has 0 saturated carbocycles. The second-order valence-corrected chi connectivity index (χ2v) is 4.88. The molecule has 0 unspecified atom stereocenters. The summed E-state index contributed by atoms with van der Waals surface area (Å²) in [4.78, 5) is 23.2. The topological polar surface area (TPSA) is 90.0 Å². The SMILES string of the molecule is Nc1ccc(NC(=O)CCCn2ncccc2=O)c(Cl)c1. The van der Waals surface area contributed by atoms with Gasteiger partial charge in [-0.05, 0) is 30.7 Å². The Morgan fingerprint density at radius 3 is 2.90 bits per heavy atom. The van der Waals surface area contributed by atoms with Crippen LogP contribution in [0.25, 0.3) is 0 Å². The minimum absolute atomic E-state index is 0.175. The lowest BCUT2D eigenvalue weighted by Gasteiger charge is -2.08. The number of amides is 1. The third-order valence-electron chi connectivity index (χ3n) is 2.83. The molecule has 1 heterocycles. The normalized spacial score (nSPS) is 10.3. The molecule has 0 saturated heterocycles. The van der Waals surface area contributed by atoms with E-state index in [2.05, 4.69) is 10.4 Å². The zero-order valence-corrected chi connectivity index (χ0v) is 12.0. The molecule has 1 aromatic carbocycles. The van der Waals surface area contributed by atoms with Crippen LogP contribution in [-0.2, 0) is 11.3 Å². The quantitative estimate of drug-likeness (QED) is 0.826. The van der Waals surface area contributed by atoms with E-state index in [1.165, 1.54) is 16.9 Å². The number of carbonyl (C=O) groups is 1. The van der Waals surface area contributed by atoms with Gasteiger partial charge >= 0.3 is 0 Å². The number of benzene rings is 1. The molecule has 0 radical (unpaired) electrons. The van der Waals surface area contributed by atoms with E-state index >= 15 is 0 Å². The first-order valence-corrected chi connectivity index (χ1v) is 6.81. The van der Waals surface area contributed by atoms with E-state index in [9.17, 15) is 9.59 Å². The second kappa shape index (κ2) is 6.90. The Bertz CT molecular complexity index is 699. The first-order chi connectivity index (χ1) is 10.1. The monoisotopic (exact) mass is 306 g/mol. The molecule has 1 amide bonds. The van der Waals surface area contributed by atoms with Gasteiger partial charge in [0.05, 0.1) is 10.7 Å². The van der Waals surface area contributed by atoms with Gasteiger partial charge in [-0.1, -0.05) is 11.6 Å². The number of nitrogens with zero attached hydrogens (tertiary/aromatic N) is 2. The Labute approximate surface area is 126 Å². The van der Waals surface area contributed by atoms with Crippen molar-refractivity contribution in [3.63, 3.8) is 0 Å². The van der Waals surface area contributed by atoms with E-state index < -0.39 is 0 Å². The smallest absolute Gasteiger partial charge is 0.266 e. The fraction of sp³-hybridized carbons (Fsp3) is 0.214. The Hall–Kier alpha value is -2.34. The van der Waals surface area contributed by atoms with E-state index in [0.717, 1.165) is 0 Å². The third-order valence-corrected chi connectivity index (χ3v) is 3.14. The molecule has 0 aliphatic carbocycles. The van der Waals surface area contributed by atoms with Crippen molar-refractivity contribution in [2.45, 2.75) is 19.4 Å². The summed E-state index contributed by atoms with van der Waals surface area (Å²) < 4.78 is 1.32. The first kappa shape index (κ1) is 15.1. The van der Waals surface area contributed by atoms with Crippen LogP contribution in [0.5, 0.6) is 0 Å². The molecule has 0 aliphatic heterocycles. The molecule has 2 aromatic rings. The van der Waals surface area contributed by atoms with Crippen molar-refractivity contribution in [2.75, 3.05) is 11.1 Å². The van der Waals surface area contributed by atoms with Crippen LogP contribution >= 0.6 is 11.6 Å². The van der Waals surface area contributed by atoms with Crippen molar-refractivity contribution < 1.29 is 4.79 Å². The molecule has 0 spiro atoms. The minimum atomic E-state index is -0.181. The summed E-state index contributed by atoms with van der Waals surface area (Å²) >= 11 is 5.97. The van der Waals surface area contributed by atoms with Gasteiger partial charge in [0, 0.05) is 30.9 Å². The highest BCUT2D eigenvalue weighted by Crippen LogP contribution is 2.24. The highest BCUT2D eigenvalue weighted by Gasteiger charge is 2.06. The van der Waals surface area contributed by atoms with Crippen LogP contribution in [0, 0.1) is 0 Å². The number of aryl methyl sites for hydroxylation is 1. The number of anilines is 2. The summed E-state index contributed by atoms with van der Waals surface area (Å²) in [6.45, 7) is 0.391. The van der Waals surface area contributed by atoms with Crippen molar-refractivity contribution in [3.05, 3.63) is 51.9 Å². The van der Waals surface area contributed by atoms with Crippen LogP contribution in [0.3, 0.4) is 0 Å². The molecule has 0 bridgehead atoms. The van der Waals surface area contributed by atoms with Gasteiger partial charge in [-0.25, -0.2) is 4.68 Å². The summed E-state index contributed by atoms with van der Waals surface area (Å²) in [6.07, 6.45) is 2.31. The number of nitrogens with two attached hydrogens (primary N) is 1. The lowest BCUT2D eigenvalue weighted by molar-refractivity contribution is -0.116. The fourth-order valence-corrected chi connectivity index (χ4v) is 2.03. The summed E-state index contributed by atoms with van der Waals surface area (Å²) in [7, 11) is 0. The fourth-order valence-electron chi connectivity index (χ4n) is 1.79. The maximum atomic E-state index is 11.8. The maximum Gasteiger partial charge on any atom is 0.266 e. The van der Waals surface area contributed by atoms with Crippen LogP contribution in [0.2, 0.25) is 5.02 Å². The molecular formula is C14H15ClN4O2. The largest absolute Gasteiger partial charge is 0.399 e. The number of aromatic nitrogens is 2. The zero-order valence-electron chi connectivity index (χ0n) is 11.3. The van der Waals surface area contributed by atoms with Gasteiger partial charge in [-0.3, -0.25) is 9.59 Å². The summed E-state index contributed by atoms with van der Waals surface area (Å²) in [5, 5.41) is 7.02. The van der Waals surface area contributed by atoms with Crippen molar-refractivity contribution in [2.24, 2.45) is 0 Å². The van der Waals surface area contributed by atoms with Crippen LogP contribution in [0.1, 0.15) is 12.8 Å². The summed E-state index contributed by atoms with van der Waals surface area (Å²) in [5.41, 5.74) is 6.45. The van der Waals surface area contributed by atoms with Crippen molar-refractivity contribution >= 4 is 28.9 Å². The molecule has 7 heteroatoms. The lowest BCUT2D eigenvalue weighted by Crippen LogP contribution is -2.22. The lowest BCUT2D eigenvalue weighted by atomic mass is 10.2. The summed E-state index contributed by atoms with van der Waals surface area (Å²) in [5.74, 6) is -0.175. The second-order valence-electron chi connectivity index (χ2n) is 4.48. The van der Waals surface area contributed by atoms with Crippen LogP contribution < -0.4 is 16.6 Å². The first-order valence-electron chi connectivity index (χ1n) is 6.43. The number of halogens is 1. The van der Waals surface area contributed by atoms with Gasteiger partial charge < -0.3 is 11.1 Å². The van der Waals surface area contributed by atoms with Crippen molar-refractivity contribution in [1.82, 2.24) is 9.78 Å². The predicted octanol–water partition coefficient (Wildman–Crippen LogP) is 1.90. The molecule has 3 N–H and O–H groups in total. The van der Waals surface area contributed by atoms with Crippen LogP contribution in [0.4, 0.5) is 11.4 Å². The van der Waals surface area contributed by atoms with E-state index in [1.807, 2.05) is 0 Å². The predicted molar refractivity (Wildman–Crippen MR) is 82.2 cm³/mol. The van der Waals surface area contributed by atoms with Gasteiger partial charge in [-0.2, -0.15) is 5.10 Å². The van der Waals surface area contributed by atoms with Crippen LogP contribution in [-0.4, -0.2) is 15.7 Å². The Morgan fingerprint density at radius 1 is 1.38 bits per heavy atom. The number of carbonyl (C=O) groups excluding carboxylic acids is 1. The Balaban J connectivity index is 1.85. The Kier molecular flexibility index (Phi) is 4.94. The van der Waals surface area contributed by atoms with Gasteiger partial charge in [0.15, 0.2) is 0 Å².